The molecule has 0 aromatic rings. The molecule has 104 valence electrons. The summed E-state index contributed by atoms with van der Waals surface area (Å²) in [5.74, 6) is 0. The molecule has 6 heteroatoms. The predicted octanol–water partition coefficient (Wildman–Crippen LogP) is -0.574. The molecule has 0 bridgehead atoms. The standard InChI is InChI=1S/C12H26O4S.Na/c1-3-4-5-9-12(17(14,15)16)10-7-6-8-11(2)13;/h11-13H,3-10H2,1-2H3,(H,14,15,16);/q;+1/p-1. The normalized spacial score (nSPS) is 14.9. The van der Waals surface area contributed by atoms with Gasteiger partial charge in [0.25, 0.3) is 0 Å². The Labute approximate surface area is 134 Å². The summed E-state index contributed by atoms with van der Waals surface area (Å²) in [4.78, 5) is 0. The van der Waals surface area contributed by atoms with Crippen molar-refractivity contribution in [2.45, 2.75) is 76.6 Å². The van der Waals surface area contributed by atoms with Crippen LogP contribution in [-0.4, -0.2) is 29.4 Å². The van der Waals surface area contributed by atoms with Crippen molar-refractivity contribution in [3.63, 3.8) is 0 Å². The van der Waals surface area contributed by atoms with Gasteiger partial charge in [0, 0.05) is 5.25 Å². The summed E-state index contributed by atoms with van der Waals surface area (Å²) < 4.78 is 33.1. The molecule has 4 nitrogen and oxygen atoms in total. The molecule has 0 aromatic carbocycles. The fourth-order valence-corrected chi connectivity index (χ4v) is 2.78. The van der Waals surface area contributed by atoms with E-state index in [1.165, 1.54) is 0 Å². The molecule has 0 radical (unpaired) electrons. The van der Waals surface area contributed by atoms with Crippen molar-refractivity contribution in [2.24, 2.45) is 0 Å². The van der Waals surface area contributed by atoms with Crippen LogP contribution in [0.2, 0.25) is 0 Å². The van der Waals surface area contributed by atoms with Crippen molar-refractivity contribution in [3.05, 3.63) is 0 Å². The zero-order valence-corrected chi connectivity index (χ0v) is 14.7. The third-order valence-electron chi connectivity index (χ3n) is 2.94. The van der Waals surface area contributed by atoms with Crippen molar-refractivity contribution >= 4 is 10.1 Å². The van der Waals surface area contributed by atoms with Crippen LogP contribution in [0.4, 0.5) is 0 Å². The van der Waals surface area contributed by atoms with E-state index in [0.717, 1.165) is 25.7 Å². The van der Waals surface area contributed by atoms with Crippen molar-refractivity contribution in [2.75, 3.05) is 0 Å². The van der Waals surface area contributed by atoms with Gasteiger partial charge in [-0.1, -0.05) is 39.0 Å². The maximum atomic E-state index is 11.0. The molecule has 2 atom stereocenters. The van der Waals surface area contributed by atoms with Crippen molar-refractivity contribution in [1.82, 2.24) is 0 Å². The van der Waals surface area contributed by atoms with Crippen LogP contribution in [0.3, 0.4) is 0 Å². The summed E-state index contributed by atoms with van der Waals surface area (Å²) in [5.41, 5.74) is 0. The maximum Gasteiger partial charge on any atom is 1.00 e. The van der Waals surface area contributed by atoms with Crippen LogP contribution < -0.4 is 29.6 Å². The molecule has 0 spiro atoms. The van der Waals surface area contributed by atoms with E-state index in [2.05, 4.69) is 0 Å². The van der Waals surface area contributed by atoms with Gasteiger partial charge < -0.3 is 9.66 Å². The van der Waals surface area contributed by atoms with Gasteiger partial charge in [-0.05, 0) is 26.2 Å². The Morgan fingerprint density at radius 1 is 1.06 bits per heavy atom. The van der Waals surface area contributed by atoms with Gasteiger partial charge in [0.1, 0.15) is 0 Å². The van der Waals surface area contributed by atoms with Gasteiger partial charge in [-0.3, -0.25) is 0 Å². The molecule has 0 saturated carbocycles. The van der Waals surface area contributed by atoms with Gasteiger partial charge in [-0.25, -0.2) is 8.42 Å². The minimum Gasteiger partial charge on any atom is -0.748 e. The first-order valence-corrected chi connectivity index (χ1v) is 7.97. The van der Waals surface area contributed by atoms with E-state index in [0.29, 0.717) is 25.7 Å². The number of hydrogen-bond donors (Lipinski definition) is 1. The van der Waals surface area contributed by atoms with Gasteiger partial charge in [0.2, 0.25) is 0 Å². The summed E-state index contributed by atoms with van der Waals surface area (Å²) in [5, 5.41) is 8.34. The molecule has 0 aliphatic carbocycles. The maximum absolute atomic E-state index is 11.0. The number of aliphatic hydroxyl groups excluding tert-OH is 1. The minimum absolute atomic E-state index is 0. The fourth-order valence-electron chi connectivity index (χ4n) is 1.87. The topological polar surface area (TPSA) is 77.4 Å². The van der Waals surface area contributed by atoms with E-state index in [1.807, 2.05) is 6.92 Å². The molecule has 2 unspecified atom stereocenters. The van der Waals surface area contributed by atoms with Gasteiger partial charge in [-0.2, -0.15) is 0 Å². The Morgan fingerprint density at radius 3 is 1.89 bits per heavy atom. The molecule has 0 heterocycles. The largest absolute Gasteiger partial charge is 1.00 e. The van der Waals surface area contributed by atoms with Gasteiger partial charge in [-0.15, -0.1) is 0 Å². The summed E-state index contributed by atoms with van der Waals surface area (Å²) in [6.07, 6.45) is 5.50. The molecular weight excluding hydrogens is 263 g/mol. The molecule has 0 fully saturated rings. The molecule has 0 aromatic heterocycles. The average Bonchev–Trinajstić information content (AvgIpc) is 2.19. The van der Waals surface area contributed by atoms with Crippen LogP contribution in [0, 0.1) is 0 Å². The Morgan fingerprint density at radius 2 is 1.50 bits per heavy atom. The molecular formula is C12H25NaO4S. The minimum atomic E-state index is -4.16. The third-order valence-corrected chi connectivity index (χ3v) is 4.22. The van der Waals surface area contributed by atoms with Gasteiger partial charge >= 0.3 is 29.6 Å². The van der Waals surface area contributed by atoms with Crippen molar-refractivity contribution in [3.8, 4) is 0 Å². The molecule has 18 heavy (non-hydrogen) atoms. The van der Waals surface area contributed by atoms with E-state index < -0.39 is 15.4 Å². The summed E-state index contributed by atoms with van der Waals surface area (Å²) in [7, 11) is -4.16. The summed E-state index contributed by atoms with van der Waals surface area (Å²) in [6, 6.07) is 0. The summed E-state index contributed by atoms with van der Waals surface area (Å²) in [6.45, 7) is 3.76. The Bertz CT molecular complexity index is 278. The number of aliphatic hydroxyl groups is 1. The van der Waals surface area contributed by atoms with E-state index in [1.54, 1.807) is 6.92 Å². The number of hydrogen-bond acceptors (Lipinski definition) is 4. The van der Waals surface area contributed by atoms with E-state index >= 15 is 0 Å². The zero-order valence-electron chi connectivity index (χ0n) is 11.9. The second kappa shape index (κ2) is 11.7. The van der Waals surface area contributed by atoms with Crippen LogP contribution in [0.5, 0.6) is 0 Å². The third kappa shape index (κ3) is 11.9. The van der Waals surface area contributed by atoms with Crippen molar-refractivity contribution in [1.29, 1.82) is 0 Å². The molecule has 0 amide bonds. The first-order chi connectivity index (χ1) is 7.88. The molecule has 0 saturated heterocycles. The molecule has 1 N–H and O–H groups in total. The van der Waals surface area contributed by atoms with Crippen molar-refractivity contribution < 1.29 is 47.6 Å². The van der Waals surface area contributed by atoms with Crippen LogP contribution >= 0.6 is 0 Å². The van der Waals surface area contributed by atoms with Crippen LogP contribution in [0.15, 0.2) is 0 Å². The molecule has 0 rings (SSSR count). The van der Waals surface area contributed by atoms with Gasteiger partial charge in [0.15, 0.2) is 0 Å². The SMILES string of the molecule is CCCCCC(CCCCC(C)O)S(=O)(=O)[O-].[Na+]. The number of rotatable bonds is 10. The van der Waals surface area contributed by atoms with E-state index in [4.69, 9.17) is 5.11 Å². The smallest absolute Gasteiger partial charge is 0.748 e. The first-order valence-electron chi connectivity index (χ1n) is 6.50. The van der Waals surface area contributed by atoms with E-state index in [-0.39, 0.29) is 35.7 Å². The Kier molecular flexibility index (Phi) is 13.7. The molecule has 0 aliphatic heterocycles. The second-order valence-corrected chi connectivity index (χ2v) is 6.40. The second-order valence-electron chi connectivity index (χ2n) is 4.74. The van der Waals surface area contributed by atoms with Gasteiger partial charge in [0.05, 0.1) is 16.2 Å². The first kappa shape index (κ1) is 21.2. The number of unbranched alkanes of at least 4 members (excludes halogenated alkanes) is 3. The van der Waals surface area contributed by atoms with Crippen LogP contribution in [-0.2, 0) is 10.1 Å². The zero-order chi connectivity index (χ0) is 13.3. The summed E-state index contributed by atoms with van der Waals surface area (Å²) >= 11 is 0. The molecule has 0 aliphatic rings. The van der Waals surface area contributed by atoms with Crippen LogP contribution in [0.1, 0.15) is 65.2 Å². The average molecular weight is 288 g/mol. The Balaban J connectivity index is 0. The Hall–Kier alpha value is 0.870. The predicted molar refractivity (Wildman–Crippen MR) is 67.8 cm³/mol. The quantitative estimate of drug-likeness (QED) is 0.332. The monoisotopic (exact) mass is 288 g/mol. The van der Waals surface area contributed by atoms with E-state index in [9.17, 15) is 13.0 Å². The fraction of sp³-hybridized carbons (Fsp3) is 1.00. The van der Waals surface area contributed by atoms with Crippen LogP contribution in [0.25, 0.3) is 0 Å².